The molecule has 29 heavy (non-hydrogen) atoms. The van der Waals surface area contributed by atoms with Gasteiger partial charge in [-0.25, -0.2) is 0 Å². The first-order valence-corrected chi connectivity index (χ1v) is 12.5. The van der Waals surface area contributed by atoms with E-state index in [1.165, 1.54) is 25.7 Å². The fourth-order valence-corrected chi connectivity index (χ4v) is 9.50. The molecule has 0 aromatic heterocycles. The summed E-state index contributed by atoms with van der Waals surface area (Å²) in [6.07, 6.45) is 11.2. The van der Waals surface area contributed by atoms with Crippen molar-refractivity contribution in [1.82, 2.24) is 0 Å². The van der Waals surface area contributed by atoms with E-state index in [9.17, 15) is 15.5 Å². The third-order valence-electron chi connectivity index (χ3n) is 10.7. The molecule has 0 unspecified atom stereocenters. The maximum atomic E-state index is 12.0. The van der Waals surface area contributed by atoms with Crippen LogP contribution in [0.3, 0.4) is 0 Å². The van der Waals surface area contributed by atoms with E-state index in [2.05, 4.69) is 33.8 Å². The Kier molecular flexibility index (Phi) is 5.61. The molecule has 0 radical (unpaired) electrons. The van der Waals surface area contributed by atoms with Crippen LogP contribution in [0.1, 0.15) is 98.3 Å². The second-order valence-electron chi connectivity index (χ2n) is 12.0. The lowest BCUT2D eigenvalue weighted by atomic mass is 9.41. The quantitative estimate of drug-likeness (QED) is 0.635. The molecular formula is C26H43NO2. The summed E-state index contributed by atoms with van der Waals surface area (Å²) in [7, 11) is 0. The monoisotopic (exact) mass is 401 g/mol. The van der Waals surface area contributed by atoms with Crippen LogP contribution < -0.4 is 0 Å². The minimum absolute atomic E-state index is 0.170. The van der Waals surface area contributed by atoms with Gasteiger partial charge in [-0.3, -0.25) is 0 Å². The Labute approximate surface area is 178 Å². The van der Waals surface area contributed by atoms with Gasteiger partial charge in [0.15, 0.2) is 0 Å². The van der Waals surface area contributed by atoms with Crippen LogP contribution in [-0.4, -0.2) is 21.9 Å². The molecule has 3 nitrogen and oxygen atoms in total. The van der Waals surface area contributed by atoms with E-state index in [1.807, 2.05) is 0 Å². The normalized spacial score (nSPS) is 52.7. The summed E-state index contributed by atoms with van der Waals surface area (Å²) in [6.45, 7) is 9.48. The van der Waals surface area contributed by atoms with Gasteiger partial charge in [0, 0.05) is 6.42 Å². The van der Waals surface area contributed by atoms with E-state index < -0.39 is 5.60 Å². The molecular weight excluding hydrogens is 358 g/mol. The lowest BCUT2D eigenvalue weighted by Crippen LogP contribution is -2.63. The molecule has 0 aromatic rings. The van der Waals surface area contributed by atoms with E-state index in [1.54, 1.807) is 0 Å². The molecule has 4 fully saturated rings. The topological polar surface area (TPSA) is 64.2 Å². The zero-order chi connectivity index (χ0) is 21.0. The van der Waals surface area contributed by atoms with Crippen molar-refractivity contribution in [3.63, 3.8) is 0 Å². The summed E-state index contributed by atoms with van der Waals surface area (Å²) in [5.41, 5.74) is -0.105. The van der Waals surface area contributed by atoms with Gasteiger partial charge in [-0.15, -0.1) is 0 Å². The van der Waals surface area contributed by atoms with E-state index in [0.29, 0.717) is 41.4 Å². The number of nitriles is 1. The van der Waals surface area contributed by atoms with Gasteiger partial charge in [-0.1, -0.05) is 34.1 Å². The fourth-order valence-electron chi connectivity index (χ4n) is 9.50. The van der Waals surface area contributed by atoms with Crippen LogP contribution in [0.5, 0.6) is 0 Å². The maximum Gasteiger partial charge on any atom is 0.0684 e. The Morgan fingerprint density at radius 3 is 2.45 bits per heavy atom. The second kappa shape index (κ2) is 7.52. The van der Waals surface area contributed by atoms with Crippen LogP contribution in [0, 0.1) is 57.7 Å². The summed E-state index contributed by atoms with van der Waals surface area (Å²) in [4.78, 5) is 0. The maximum absolute atomic E-state index is 12.0. The molecule has 0 amide bonds. The zero-order valence-corrected chi connectivity index (χ0v) is 19.2. The predicted octanol–water partition coefficient (Wildman–Crippen LogP) is 5.70. The largest absolute Gasteiger partial charge is 0.393 e. The summed E-state index contributed by atoms with van der Waals surface area (Å²) >= 11 is 0. The number of nitrogens with zero attached hydrogens (tertiary/aromatic N) is 1. The lowest BCUT2D eigenvalue weighted by Gasteiger charge is -2.65. The average molecular weight is 402 g/mol. The SMILES string of the molecule is CCC[C@]1(O)C[C@H]2[C@@H]3CC[C@H]([C@H](C)CC#N)[C@@]3(C)CC[C@@H]2[C@@]2(C)CC[C@@H](O)C[C@@H]12. The highest BCUT2D eigenvalue weighted by molar-refractivity contribution is 5.15. The molecule has 0 aliphatic heterocycles. The molecule has 164 valence electrons. The number of rotatable bonds is 4. The Hall–Kier alpha value is -0.590. The van der Waals surface area contributed by atoms with Crippen LogP contribution in [0.15, 0.2) is 0 Å². The van der Waals surface area contributed by atoms with Gasteiger partial charge in [0.05, 0.1) is 17.8 Å². The van der Waals surface area contributed by atoms with Crippen LogP contribution in [0.2, 0.25) is 0 Å². The summed E-state index contributed by atoms with van der Waals surface area (Å²) in [6, 6.07) is 2.43. The van der Waals surface area contributed by atoms with Crippen molar-refractivity contribution < 1.29 is 10.2 Å². The van der Waals surface area contributed by atoms with Gasteiger partial charge in [0.2, 0.25) is 0 Å². The van der Waals surface area contributed by atoms with Crippen molar-refractivity contribution in [2.75, 3.05) is 0 Å². The molecule has 0 heterocycles. The molecule has 0 spiro atoms. The first kappa shape index (κ1) is 21.6. The van der Waals surface area contributed by atoms with Crippen molar-refractivity contribution >= 4 is 0 Å². The Bertz CT molecular complexity index is 658. The highest BCUT2D eigenvalue weighted by atomic mass is 16.3. The number of fused-ring (bicyclic) bond motifs is 5. The fraction of sp³-hybridized carbons (Fsp3) is 0.962. The first-order chi connectivity index (χ1) is 13.7. The van der Waals surface area contributed by atoms with Crippen molar-refractivity contribution in [3.8, 4) is 6.07 Å². The number of aliphatic hydroxyl groups is 2. The van der Waals surface area contributed by atoms with Gasteiger partial charge in [0.1, 0.15) is 0 Å². The first-order valence-electron chi connectivity index (χ1n) is 12.5. The van der Waals surface area contributed by atoms with E-state index in [-0.39, 0.29) is 17.4 Å². The van der Waals surface area contributed by atoms with E-state index >= 15 is 0 Å². The minimum Gasteiger partial charge on any atom is -0.393 e. The molecule has 3 heteroatoms. The average Bonchev–Trinajstić information content (AvgIpc) is 3.01. The van der Waals surface area contributed by atoms with Crippen molar-refractivity contribution in [1.29, 1.82) is 5.26 Å². The van der Waals surface area contributed by atoms with Crippen LogP contribution in [0.4, 0.5) is 0 Å². The van der Waals surface area contributed by atoms with Gasteiger partial charge in [-0.05, 0) is 104 Å². The lowest BCUT2D eigenvalue weighted by molar-refractivity contribution is -0.218. The van der Waals surface area contributed by atoms with Gasteiger partial charge in [-0.2, -0.15) is 5.26 Å². The van der Waals surface area contributed by atoms with Gasteiger partial charge < -0.3 is 10.2 Å². The molecule has 4 aliphatic carbocycles. The van der Waals surface area contributed by atoms with Crippen LogP contribution >= 0.6 is 0 Å². The molecule has 0 aromatic carbocycles. The van der Waals surface area contributed by atoms with Crippen LogP contribution in [-0.2, 0) is 0 Å². The van der Waals surface area contributed by atoms with Crippen molar-refractivity contribution in [3.05, 3.63) is 0 Å². The molecule has 10 atom stereocenters. The van der Waals surface area contributed by atoms with Crippen molar-refractivity contribution in [2.45, 2.75) is 110 Å². The van der Waals surface area contributed by atoms with Gasteiger partial charge >= 0.3 is 0 Å². The highest BCUT2D eigenvalue weighted by Crippen LogP contribution is 2.70. The van der Waals surface area contributed by atoms with Gasteiger partial charge in [0.25, 0.3) is 0 Å². The zero-order valence-electron chi connectivity index (χ0n) is 19.2. The standard InChI is InChI=1S/C26H43NO2/c1-5-11-26(29)16-19-21-7-6-20(17(2)10-14-27)24(21,3)13-9-22(19)25(4)12-8-18(28)15-23(25)26/h17-23,28-29H,5-13,15-16H2,1-4H3/t17-,18-,19+,20-,21+,22+,23-,24-,25-,26+/m1/s1. The molecule has 0 saturated heterocycles. The van der Waals surface area contributed by atoms with Crippen LogP contribution in [0.25, 0.3) is 0 Å². The number of hydrogen-bond donors (Lipinski definition) is 2. The Morgan fingerprint density at radius 1 is 1.07 bits per heavy atom. The molecule has 2 N–H and O–H groups in total. The number of aliphatic hydroxyl groups excluding tert-OH is 1. The smallest absolute Gasteiger partial charge is 0.0684 e. The second-order valence-corrected chi connectivity index (χ2v) is 12.0. The number of hydrogen-bond acceptors (Lipinski definition) is 3. The molecule has 0 bridgehead atoms. The third-order valence-corrected chi connectivity index (χ3v) is 10.7. The predicted molar refractivity (Wildman–Crippen MR) is 116 cm³/mol. The van der Waals surface area contributed by atoms with E-state index in [0.717, 1.165) is 38.5 Å². The highest BCUT2D eigenvalue weighted by Gasteiger charge is 2.65. The molecule has 4 rings (SSSR count). The van der Waals surface area contributed by atoms with E-state index in [4.69, 9.17) is 0 Å². The molecule has 4 saturated carbocycles. The Morgan fingerprint density at radius 2 is 1.76 bits per heavy atom. The molecule has 4 aliphatic rings. The summed E-state index contributed by atoms with van der Waals surface area (Å²) in [5.74, 6) is 3.39. The summed E-state index contributed by atoms with van der Waals surface area (Å²) < 4.78 is 0. The minimum atomic E-state index is -0.610. The Balaban J connectivity index is 1.68. The third kappa shape index (κ3) is 3.20. The summed E-state index contributed by atoms with van der Waals surface area (Å²) in [5, 5.41) is 31.7. The van der Waals surface area contributed by atoms with Crippen molar-refractivity contribution in [2.24, 2.45) is 46.3 Å².